The van der Waals surface area contributed by atoms with Crippen molar-refractivity contribution >= 4 is 40.0 Å². The first-order chi connectivity index (χ1) is 18.1. The van der Waals surface area contributed by atoms with Crippen LogP contribution in [0.25, 0.3) is 0 Å². The van der Waals surface area contributed by atoms with Crippen molar-refractivity contribution in [3.8, 4) is 0 Å². The van der Waals surface area contributed by atoms with Crippen molar-refractivity contribution in [1.82, 2.24) is 20.2 Å². The number of benzene rings is 1. The van der Waals surface area contributed by atoms with Gasteiger partial charge < -0.3 is 10.6 Å². The van der Waals surface area contributed by atoms with Crippen LogP contribution in [-0.2, 0) is 24.4 Å². The van der Waals surface area contributed by atoms with Crippen molar-refractivity contribution in [2.45, 2.75) is 51.6 Å². The summed E-state index contributed by atoms with van der Waals surface area (Å²) in [5.41, 5.74) is 3.57. The number of nitrogens with zero attached hydrogens (tertiary/aromatic N) is 3. The topological polar surface area (TPSA) is 102 Å². The van der Waals surface area contributed by atoms with E-state index in [1.165, 1.54) is 25.7 Å². The van der Waals surface area contributed by atoms with Crippen LogP contribution in [0.5, 0.6) is 0 Å². The Kier molecular flexibility index (Phi) is 13.0. The Hall–Kier alpha value is -2.92. The van der Waals surface area contributed by atoms with Gasteiger partial charge in [-0.15, -0.1) is 0 Å². The van der Waals surface area contributed by atoms with E-state index in [9.17, 15) is 4.21 Å². The maximum absolute atomic E-state index is 10.8. The SMILES string of the molecule is O=S(O)Nc1ccc(NC(=S)NCCCCCCCCN(Cc2ccccn2)Cc2ccccn2)cc1. The predicted octanol–water partition coefficient (Wildman–Crippen LogP) is 5.35. The molecule has 10 heteroatoms. The van der Waals surface area contributed by atoms with Gasteiger partial charge in [0.05, 0.1) is 11.4 Å². The fourth-order valence-electron chi connectivity index (χ4n) is 3.92. The normalized spacial score (nSPS) is 11.7. The summed E-state index contributed by atoms with van der Waals surface area (Å²) in [6.07, 6.45) is 10.7. The summed E-state index contributed by atoms with van der Waals surface area (Å²) in [5.74, 6) is 0. The van der Waals surface area contributed by atoms with Crippen molar-refractivity contribution in [3.05, 3.63) is 84.4 Å². The van der Waals surface area contributed by atoms with E-state index in [0.29, 0.717) is 10.8 Å². The van der Waals surface area contributed by atoms with Crippen LogP contribution in [0.15, 0.2) is 73.1 Å². The van der Waals surface area contributed by atoms with Crippen LogP contribution in [-0.4, -0.2) is 41.8 Å². The van der Waals surface area contributed by atoms with E-state index < -0.39 is 11.3 Å². The fourth-order valence-corrected chi connectivity index (χ4v) is 4.48. The minimum atomic E-state index is -2.08. The maximum atomic E-state index is 10.8. The fraction of sp³-hybridized carbons (Fsp3) is 0.370. The molecular formula is C27H36N6O2S2. The summed E-state index contributed by atoms with van der Waals surface area (Å²) in [5, 5.41) is 6.94. The van der Waals surface area contributed by atoms with Crippen molar-refractivity contribution < 1.29 is 8.76 Å². The Morgan fingerprint density at radius 1 is 0.811 bits per heavy atom. The van der Waals surface area contributed by atoms with E-state index in [-0.39, 0.29) is 0 Å². The summed E-state index contributed by atoms with van der Waals surface area (Å²) in [7, 11) is 0. The maximum Gasteiger partial charge on any atom is 0.259 e. The number of aromatic nitrogens is 2. The second-order valence-electron chi connectivity index (χ2n) is 8.78. The van der Waals surface area contributed by atoms with E-state index in [1.54, 1.807) is 24.3 Å². The average molecular weight is 541 g/mol. The molecule has 0 aliphatic carbocycles. The molecule has 3 aromatic rings. The van der Waals surface area contributed by atoms with Crippen molar-refractivity contribution in [3.63, 3.8) is 0 Å². The largest absolute Gasteiger partial charge is 0.362 e. The van der Waals surface area contributed by atoms with Gasteiger partial charge in [0.15, 0.2) is 5.11 Å². The van der Waals surface area contributed by atoms with Gasteiger partial charge in [-0.3, -0.25) is 24.1 Å². The number of hydrogen-bond acceptors (Lipinski definition) is 5. The molecule has 0 amide bonds. The molecule has 1 unspecified atom stereocenters. The number of pyridine rings is 2. The van der Waals surface area contributed by atoms with Crippen LogP contribution in [0.3, 0.4) is 0 Å². The van der Waals surface area contributed by atoms with Gasteiger partial charge in [0.1, 0.15) is 0 Å². The van der Waals surface area contributed by atoms with Crippen LogP contribution in [0, 0.1) is 0 Å². The number of anilines is 2. The quantitative estimate of drug-likeness (QED) is 0.109. The molecule has 1 atom stereocenters. The van der Waals surface area contributed by atoms with Crippen LogP contribution in [0.2, 0.25) is 0 Å². The minimum absolute atomic E-state index is 0.569. The molecule has 198 valence electrons. The zero-order valence-corrected chi connectivity index (χ0v) is 22.6. The number of rotatable bonds is 16. The Labute approximate surface area is 227 Å². The molecule has 2 aromatic heterocycles. The Bertz CT molecular complexity index is 1030. The molecule has 0 fully saturated rings. The second-order valence-corrected chi connectivity index (χ2v) is 9.89. The molecule has 3 rings (SSSR count). The first-order valence-electron chi connectivity index (χ1n) is 12.6. The molecule has 8 nitrogen and oxygen atoms in total. The highest BCUT2D eigenvalue weighted by atomic mass is 32.2. The van der Waals surface area contributed by atoms with Crippen LogP contribution in [0.4, 0.5) is 11.4 Å². The molecule has 2 heterocycles. The van der Waals surface area contributed by atoms with Gasteiger partial charge in [-0.05, 0) is 80.1 Å². The van der Waals surface area contributed by atoms with Crippen molar-refractivity contribution in [2.75, 3.05) is 23.1 Å². The first-order valence-corrected chi connectivity index (χ1v) is 14.1. The Morgan fingerprint density at radius 2 is 1.38 bits per heavy atom. The highest BCUT2D eigenvalue weighted by Gasteiger charge is 2.08. The summed E-state index contributed by atoms with van der Waals surface area (Å²) in [4.78, 5) is 11.4. The zero-order valence-electron chi connectivity index (χ0n) is 21.0. The lowest BCUT2D eigenvalue weighted by molar-refractivity contribution is 0.244. The third-order valence-electron chi connectivity index (χ3n) is 5.76. The number of nitrogens with one attached hydrogen (secondary N) is 3. The molecule has 0 aliphatic rings. The molecule has 0 saturated heterocycles. The van der Waals surface area contributed by atoms with Gasteiger partial charge in [0.2, 0.25) is 0 Å². The van der Waals surface area contributed by atoms with Gasteiger partial charge in [-0.2, -0.15) is 0 Å². The molecule has 0 bridgehead atoms. The standard InChI is InChI=1S/C27H36N6O2S2/c34-37(35)32-24-15-13-23(14-16-24)31-27(36)30-19-7-3-1-2-4-10-20-33(21-25-11-5-8-17-28-25)22-26-12-6-9-18-29-26/h5-6,8-9,11-18,32H,1-4,7,10,19-22H2,(H,34,35)(H2,30,31,36). The second kappa shape index (κ2) is 16.8. The summed E-state index contributed by atoms with van der Waals surface area (Å²) in [6.45, 7) is 3.53. The number of hydrogen-bond donors (Lipinski definition) is 4. The predicted molar refractivity (Wildman–Crippen MR) is 155 cm³/mol. The lowest BCUT2D eigenvalue weighted by atomic mass is 10.1. The lowest BCUT2D eigenvalue weighted by Gasteiger charge is -2.21. The summed E-state index contributed by atoms with van der Waals surface area (Å²) >= 11 is 3.28. The minimum Gasteiger partial charge on any atom is -0.362 e. The Balaban J connectivity index is 1.25. The highest BCUT2D eigenvalue weighted by Crippen LogP contribution is 2.14. The van der Waals surface area contributed by atoms with Crippen LogP contribution >= 0.6 is 12.2 Å². The molecule has 1 aromatic carbocycles. The van der Waals surface area contributed by atoms with E-state index in [0.717, 1.165) is 56.1 Å². The van der Waals surface area contributed by atoms with E-state index >= 15 is 0 Å². The molecular weight excluding hydrogens is 504 g/mol. The average Bonchev–Trinajstić information content (AvgIpc) is 2.89. The van der Waals surface area contributed by atoms with E-state index in [1.807, 2.05) is 36.7 Å². The van der Waals surface area contributed by atoms with Crippen molar-refractivity contribution in [2.24, 2.45) is 0 Å². The van der Waals surface area contributed by atoms with Gasteiger partial charge in [-0.25, -0.2) is 4.21 Å². The van der Waals surface area contributed by atoms with Crippen LogP contribution in [0.1, 0.15) is 49.9 Å². The molecule has 0 aliphatic heterocycles. The smallest absolute Gasteiger partial charge is 0.259 e. The number of thiocarbonyl (C=S) groups is 1. The highest BCUT2D eigenvalue weighted by molar-refractivity contribution is 7.80. The van der Waals surface area contributed by atoms with Gasteiger partial charge in [0.25, 0.3) is 11.3 Å². The lowest BCUT2D eigenvalue weighted by Crippen LogP contribution is -2.29. The van der Waals surface area contributed by atoms with Crippen LogP contribution < -0.4 is 15.4 Å². The molecule has 4 N–H and O–H groups in total. The molecule has 37 heavy (non-hydrogen) atoms. The van der Waals surface area contributed by atoms with Gasteiger partial charge in [0, 0.05) is 43.4 Å². The van der Waals surface area contributed by atoms with Crippen molar-refractivity contribution in [1.29, 1.82) is 0 Å². The van der Waals surface area contributed by atoms with E-state index in [2.05, 4.69) is 42.4 Å². The third-order valence-corrected chi connectivity index (χ3v) is 6.41. The van der Waals surface area contributed by atoms with Gasteiger partial charge >= 0.3 is 0 Å². The first kappa shape index (κ1) is 28.6. The van der Waals surface area contributed by atoms with E-state index in [4.69, 9.17) is 16.8 Å². The summed E-state index contributed by atoms with van der Waals surface area (Å²) < 4.78 is 22.0. The Morgan fingerprint density at radius 3 is 1.95 bits per heavy atom. The zero-order chi connectivity index (χ0) is 26.1. The molecule has 0 saturated carbocycles. The summed E-state index contributed by atoms with van der Waals surface area (Å²) in [6, 6.07) is 19.2. The third kappa shape index (κ3) is 12.2. The molecule has 0 spiro atoms. The monoisotopic (exact) mass is 540 g/mol. The number of unbranched alkanes of at least 4 members (excludes halogenated alkanes) is 5. The molecule has 0 radical (unpaired) electrons. The van der Waals surface area contributed by atoms with Gasteiger partial charge in [-0.1, -0.05) is 37.8 Å².